The van der Waals surface area contributed by atoms with Gasteiger partial charge in [0.2, 0.25) is 0 Å². The lowest BCUT2D eigenvalue weighted by molar-refractivity contribution is -0.151. The summed E-state index contributed by atoms with van der Waals surface area (Å²) in [5.74, 6) is 0.293. The fourth-order valence-corrected chi connectivity index (χ4v) is 3.02. The number of carbonyl (C=O) groups excluding carboxylic acids is 1. The molecule has 5 nitrogen and oxygen atoms in total. The molecule has 1 aliphatic carbocycles. The van der Waals surface area contributed by atoms with E-state index in [0.717, 1.165) is 38.9 Å². The number of esters is 1. The molecule has 5 heteroatoms. The smallest absolute Gasteiger partial charge is 0.327 e. The molecule has 1 N–H and O–H groups in total. The summed E-state index contributed by atoms with van der Waals surface area (Å²) >= 11 is 0. The summed E-state index contributed by atoms with van der Waals surface area (Å²) in [6, 6.07) is 0.264. The number of methoxy groups -OCH3 is 1. The van der Waals surface area contributed by atoms with E-state index in [1.165, 1.54) is 7.11 Å². The monoisotopic (exact) mass is 299 g/mol. The molecule has 0 aromatic rings. The van der Waals surface area contributed by atoms with E-state index in [1.54, 1.807) is 0 Å². The molecule has 1 atom stereocenters. The van der Waals surface area contributed by atoms with Gasteiger partial charge in [0.25, 0.3) is 0 Å². The molecule has 0 bridgehead atoms. The summed E-state index contributed by atoms with van der Waals surface area (Å²) in [5.41, 5.74) is -0.546. The van der Waals surface area contributed by atoms with Crippen LogP contribution < -0.4 is 5.32 Å². The fraction of sp³-hybridized carbons (Fsp3) is 0.938. The van der Waals surface area contributed by atoms with Crippen LogP contribution in [0.25, 0.3) is 0 Å². The molecule has 0 heterocycles. The van der Waals surface area contributed by atoms with Crippen molar-refractivity contribution in [1.29, 1.82) is 0 Å². The van der Waals surface area contributed by atoms with Crippen molar-refractivity contribution in [3.63, 3.8) is 0 Å². The summed E-state index contributed by atoms with van der Waals surface area (Å²) in [6.07, 6.45) is 3.33. The number of likely N-dealkylation sites (N-methyl/N-ethyl adjacent to an activating group) is 1. The van der Waals surface area contributed by atoms with E-state index < -0.39 is 5.54 Å². The average molecular weight is 299 g/mol. The van der Waals surface area contributed by atoms with Crippen LogP contribution in [0, 0.1) is 5.92 Å². The quantitative estimate of drug-likeness (QED) is 0.614. The minimum Gasteiger partial charge on any atom is -0.468 e. The largest absolute Gasteiger partial charge is 0.468 e. The zero-order chi connectivity index (χ0) is 16.0. The maximum atomic E-state index is 12.4. The molecule has 124 valence electrons. The van der Waals surface area contributed by atoms with Gasteiger partial charge in [-0.25, -0.2) is 4.79 Å². The second-order valence-corrected chi connectivity index (χ2v) is 6.93. The van der Waals surface area contributed by atoms with Crippen molar-refractivity contribution < 1.29 is 9.53 Å². The minimum absolute atomic E-state index is 0.113. The Morgan fingerprint density at radius 1 is 1.29 bits per heavy atom. The third-order valence-corrected chi connectivity index (χ3v) is 4.03. The van der Waals surface area contributed by atoms with Crippen LogP contribution in [0.3, 0.4) is 0 Å². The van der Waals surface area contributed by atoms with Crippen LogP contribution in [0.5, 0.6) is 0 Å². The van der Waals surface area contributed by atoms with Gasteiger partial charge in [-0.05, 0) is 73.3 Å². The van der Waals surface area contributed by atoms with E-state index in [2.05, 4.69) is 50.1 Å². The predicted octanol–water partition coefficient (Wildman–Crippen LogP) is 1.19. The van der Waals surface area contributed by atoms with Crippen molar-refractivity contribution in [2.75, 3.05) is 47.9 Å². The first-order valence-electron chi connectivity index (χ1n) is 8.01. The van der Waals surface area contributed by atoms with Gasteiger partial charge in [-0.1, -0.05) is 0 Å². The van der Waals surface area contributed by atoms with Crippen molar-refractivity contribution in [3.8, 4) is 0 Å². The van der Waals surface area contributed by atoms with Crippen LogP contribution in [0.4, 0.5) is 0 Å². The van der Waals surface area contributed by atoms with Crippen LogP contribution in [0.15, 0.2) is 0 Å². The second-order valence-electron chi connectivity index (χ2n) is 6.93. The highest BCUT2D eigenvalue weighted by atomic mass is 16.5. The Morgan fingerprint density at radius 3 is 2.33 bits per heavy atom. The van der Waals surface area contributed by atoms with E-state index in [-0.39, 0.29) is 12.0 Å². The first-order valence-corrected chi connectivity index (χ1v) is 8.01. The molecule has 1 aliphatic rings. The summed E-state index contributed by atoms with van der Waals surface area (Å²) in [5, 5.41) is 3.51. The highest BCUT2D eigenvalue weighted by Gasteiger charge is 2.52. The van der Waals surface area contributed by atoms with Gasteiger partial charge in [0, 0.05) is 12.6 Å². The molecule has 1 unspecified atom stereocenters. The Hall–Kier alpha value is -0.650. The van der Waals surface area contributed by atoms with Crippen LogP contribution in [0.1, 0.15) is 33.1 Å². The normalized spacial score (nSPS) is 18.3. The Labute approximate surface area is 130 Å². The second kappa shape index (κ2) is 8.11. The Morgan fingerprint density at radius 2 is 1.90 bits per heavy atom. The zero-order valence-corrected chi connectivity index (χ0v) is 14.6. The highest BCUT2D eigenvalue weighted by Crippen LogP contribution is 2.41. The minimum atomic E-state index is -0.546. The molecule has 21 heavy (non-hydrogen) atoms. The molecular formula is C16H33N3O2. The van der Waals surface area contributed by atoms with Gasteiger partial charge in [-0.3, -0.25) is 5.32 Å². The summed E-state index contributed by atoms with van der Waals surface area (Å²) in [6.45, 7) is 6.95. The number of hydrogen-bond acceptors (Lipinski definition) is 5. The van der Waals surface area contributed by atoms with E-state index in [0.29, 0.717) is 5.92 Å². The number of carbonyl (C=O) groups is 1. The van der Waals surface area contributed by atoms with E-state index in [9.17, 15) is 4.79 Å². The maximum absolute atomic E-state index is 12.4. The number of hydrogen-bond donors (Lipinski definition) is 1. The Kier molecular flexibility index (Phi) is 7.10. The van der Waals surface area contributed by atoms with E-state index in [4.69, 9.17) is 4.74 Å². The first kappa shape index (κ1) is 18.4. The van der Waals surface area contributed by atoms with Crippen molar-refractivity contribution in [1.82, 2.24) is 15.1 Å². The van der Waals surface area contributed by atoms with Gasteiger partial charge >= 0.3 is 5.97 Å². The lowest BCUT2D eigenvalue weighted by Gasteiger charge is -2.37. The molecule has 0 aromatic heterocycles. The maximum Gasteiger partial charge on any atom is 0.327 e. The van der Waals surface area contributed by atoms with Crippen molar-refractivity contribution in [3.05, 3.63) is 0 Å². The van der Waals surface area contributed by atoms with Gasteiger partial charge in [0.15, 0.2) is 0 Å². The highest BCUT2D eigenvalue weighted by molar-refractivity contribution is 5.82. The molecule has 0 amide bonds. The standard InChI is InChI=1S/C16H33N3O2/c1-13(2)17-16(14-8-9-14,15(20)21-6)12-19(5)11-7-10-18(3)4/h13-14,17H,7-12H2,1-6H3. The molecule has 0 saturated heterocycles. The predicted molar refractivity (Wildman–Crippen MR) is 86.4 cm³/mol. The number of nitrogens with one attached hydrogen (secondary N) is 1. The lowest BCUT2D eigenvalue weighted by Crippen LogP contribution is -2.62. The third kappa shape index (κ3) is 5.57. The summed E-state index contributed by atoms with van der Waals surface area (Å²) in [7, 11) is 7.76. The van der Waals surface area contributed by atoms with Crippen LogP contribution in [-0.4, -0.2) is 75.2 Å². The van der Waals surface area contributed by atoms with Gasteiger partial charge in [0.1, 0.15) is 5.54 Å². The zero-order valence-electron chi connectivity index (χ0n) is 14.6. The van der Waals surface area contributed by atoms with Gasteiger partial charge in [0.05, 0.1) is 7.11 Å². The molecule has 0 radical (unpaired) electrons. The molecule has 1 saturated carbocycles. The fourth-order valence-electron chi connectivity index (χ4n) is 3.02. The Balaban J connectivity index is 2.69. The van der Waals surface area contributed by atoms with Crippen LogP contribution in [0.2, 0.25) is 0 Å². The third-order valence-electron chi connectivity index (χ3n) is 4.03. The van der Waals surface area contributed by atoms with Crippen LogP contribution >= 0.6 is 0 Å². The number of rotatable bonds is 10. The van der Waals surface area contributed by atoms with Crippen molar-refractivity contribution >= 4 is 5.97 Å². The molecular weight excluding hydrogens is 266 g/mol. The number of ether oxygens (including phenoxy) is 1. The van der Waals surface area contributed by atoms with Crippen LogP contribution in [-0.2, 0) is 9.53 Å². The average Bonchev–Trinajstić information content (AvgIpc) is 3.20. The molecule has 0 spiro atoms. The molecule has 0 aliphatic heterocycles. The topological polar surface area (TPSA) is 44.8 Å². The SMILES string of the molecule is COC(=O)C(CN(C)CCCN(C)C)(NC(C)C)C1CC1. The van der Waals surface area contributed by atoms with Gasteiger partial charge in [-0.2, -0.15) is 0 Å². The van der Waals surface area contributed by atoms with E-state index >= 15 is 0 Å². The molecule has 0 aromatic carbocycles. The van der Waals surface area contributed by atoms with Gasteiger partial charge < -0.3 is 14.5 Å². The first-order chi connectivity index (χ1) is 9.81. The summed E-state index contributed by atoms with van der Waals surface area (Å²) in [4.78, 5) is 16.9. The lowest BCUT2D eigenvalue weighted by atomic mass is 9.91. The number of nitrogens with zero attached hydrogens (tertiary/aromatic N) is 2. The van der Waals surface area contributed by atoms with E-state index in [1.807, 2.05) is 0 Å². The Bertz CT molecular complexity index is 329. The summed E-state index contributed by atoms with van der Waals surface area (Å²) < 4.78 is 5.13. The molecule has 1 rings (SSSR count). The molecule has 1 fully saturated rings. The van der Waals surface area contributed by atoms with Gasteiger partial charge in [-0.15, -0.1) is 0 Å². The van der Waals surface area contributed by atoms with Crippen molar-refractivity contribution in [2.45, 2.75) is 44.7 Å². The van der Waals surface area contributed by atoms with Crippen molar-refractivity contribution in [2.24, 2.45) is 5.92 Å².